The number of fused-ring (bicyclic) bond motifs is 1. The second-order valence-electron chi connectivity index (χ2n) is 4.42. The molecule has 3 nitrogen and oxygen atoms in total. The smallest absolute Gasteiger partial charge is 0.338 e. The molecular formula is C16H19NO2. The van der Waals surface area contributed by atoms with Crippen LogP contribution in [0.2, 0.25) is 0 Å². The van der Waals surface area contributed by atoms with Crippen molar-refractivity contribution in [2.24, 2.45) is 0 Å². The minimum atomic E-state index is -0.253. The first-order valence-electron chi connectivity index (χ1n) is 6.64. The second kappa shape index (κ2) is 5.74. The summed E-state index contributed by atoms with van der Waals surface area (Å²) in [7, 11) is 0. The summed E-state index contributed by atoms with van der Waals surface area (Å²) in [6.45, 7) is 6.21. The summed E-state index contributed by atoms with van der Waals surface area (Å²) in [5.41, 5.74) is 3.64. The second-order valence-corrected chi connectivity index (χ2v) is 4.42. The molecule has 0 fully saturated rings. The molecule has 0 bridgehead atoms. The number of allylic oxidation sites excluding steroid dienone is 1. The van der Waals surface area contributed by atoms with Gasteiger partial charge in [0.2, 0.25) is 0 Å². The highest BCUT2D eigenvalue weighted by atomic mass is 16.5. The number of aryl methyl sites for hydroxylation is 1. The fraction of sp³-hybridized carbons (Fsp3) is 0.312. The van der Waals surface area contributed by atoms with Crippen LogP contribution in [0, 0.1) is 6.92 Å². The molecule has 2 aromatic rings. The average Bonchev–Trinajstić information content (AvgIpc) is 2.72. The molecule has 0 radical (unpaired) electrons. The normalized spacial score (nSPS) is 11.8. The number of carbonyl (C=O) groups excluding carboxylic acids is 1. The predicted molar refractivity (Wildman–Crippen MR) is 77.9 cm³/mol. The van der Waals surface area contributed by atoms with Crippen LogP contribution in [0.3, 0.4) is 0 Å². The van der Waals surface area contributed by atoms with Crippen molar-refractivity contribution in [2.75, 3.05) is 6.61 Å². The first kappa shape index (κ1) is 13.4. The number of benzene rings is 1. The number of hydrogen-bond acceptors (Lipinski definition) is 2. The van der Waals surface area contributed by atoms with Gasteiger partial charge in [0.15, 0.2) is 0 Å². The monoisotopic (exact) mass is 257 g/mol. The Labute approximate surface area is 113 Å². The van der Waals surface area contributed by atoms with Gasteiger partial charge in [-0.1, -0.05) is 31.2 Å². The van der Waals surface area contributed by atoms with Gasteiger partial charge in [-0.15, -0.1) is 0 Å². The van der Waals surface area contributed by atoms with E-state index in [-0.39, 0.29) is 5.97 Å². The van der Waals surface area contributed by atoms with Gasteiger partial charge in [-0.05, 0) is 26.3 Å². The first-order chi connectivity index (χ1) is 9.19. The van der Waals surface area contributed by atoms with E-state index in [1.807, 2.05) is 51.1 Å². The Morgan fingerprint density at radius 2 is 2.05 bits per heavy atom. The molecule has 0 atom stereocenters. The Bertz CT molecular complexity index is 623. The molecule has 0 saturated carbocycles. The Morgan fingerprint density at radius 1 is 1.32 bits per heavy atom. The number of nitrogens with one attached hydrogen (secondary N) is 1. The van der Waals surface area contributed by atoms with Crippen molar-refractivity contribution in [3.8, 4) is 0 Å². The molecule has 100 valence electrons. The summed E-state index contributed by atoms with van der Waals surface area (Å²) in [6, 6.07) is 8.00. The number of carbonyl (C=O) groups is 1. The molecule has 1 aromatic carbocycles. The van der Waals surface area contributed by atoms with Gasteiger partial charge < -0.3 is 9.72 Å². The van der Waals surface area contributed by atoms with Gasteiger partial charge in [-0.25, -0.2) is 4.79 Å². The molecule has 0 aliphatic carbocycles. The van der Waals surface area contributed by atoms with Crippen LogP contribution in [0.5, 0.6) is 0 Å². The molecule has 3 heteroatoms. The van der Waals surface area contributed by atoms with Crippen molar-refractivity contribution in [1.29, 1.82) is 0 Å². The van der Waals surface area contributed by atoms with Crippen molar-refractivity contribution in [1.82, 2.24) is 4.98 Å². The highest BCUT2D eigenvalue weighted by Crippen LogP contribution is 2.29. The summed E-state index contributed by atoms with van der Waals surface area (Å²) in [4.78, 5) is 15.4. The molecule has 1 N–H and O–H groups in total. The Hall–Kier alpha value is -2.03. The minimum Gasteiger partial charge on any atom is -0.462 e. The number of aromatic nitrogens is 1. The van der Waals surface area contributed by atoms with Crippen LogP contribution in [0.4, 0.5) is 0 Å². The van der Waals surface area contributed by atoms with Gasteiger partial charge in [0.05, 0.1) is 12.2 Å². The zero-order chi connectivity index (χ0) is 13.8. The summed E-state index contributed by atoms with van der Waals surface area (Å²) >= 11 is 0. The summed E-state index contributed by atoms with van der Waals surface area (Å²) in [5, 5.41) is 1.06. The Kier molecular flexibility index (Phi) is 4.05. The summed E-state index contributed by atoms with van der Waals surface area (Å²) < 4.78 is 5.16. The quantitative estimate of drug-likeness (QED) is 0.668. The first-order valence-corrected chi connectivity index (χ1v) is 6.64. The maximum Gasteiger partial charge on any atom is 0.338 e. The molecule has 0 saturated heterocycles. The lowest BCUT2D eigenvalue weighted by molar-refractivity contribution is -0.136. The molecule has 1 heterocycles. The van der Waals surface area contributed by atoms with E-state index in [2.05, 4.69) is 4.98 Å². The van der Waals surface area contributed by atoms with E-state index in [1.165, 1.54) is 0 Å². The van der Waals surface area contributed by atoms with Crippen molar-refractivity contribution in [2.45, 2.75) is 27.2 Å². The summed E-state index contributed by atoms with van der Waals surface area (Å²) in [6.07, 6.45) is 2.73. The highest BCUT2D eigenvalue weighted by Gasteiger charge is 2.19. The molecule has 2 rings (SSSR count). The van der Waals surface area contributed by atoms with Crippen LogP contribution in [0.15, 0.2) is 30.3 Å². The molecule has 0 unspecified atom stereocenters. The molecule has 0 aliphatic rings. The molecule has 19 heavy (non-hydrogen) atoms. The van der Waals surface area contributed by atoms with Crippen LogP contribution >= 0.6 is 0 Å². The third-order valence-corrected chi connectivity index (χ3v) is 3.07. The summed E-state index contributed by atoms with van der Waals surface area (Å²) in [5.74, 6) is -0.253. The van der Waals surface area contributed by atoms with Gasteiger partial charge in [0.1, 0.15) is 0 Å². The standard InChI is InChI=1S/C16H19NO2/c1-4-8-13(16(18)19-5-2)15-11(3)17-14-10-7-6-9-12(14)15/h6-10,17H,4-5H2,1-3H3/b13-8+. The van der Waals surface area contributed by atoms with Gasteiger partial charge in [0, 0.05) is 22.2 Å². The number of hydrogen-bond donors (Lipinski definition) is 1. The van der Waals surface area contributed by atoms with Crippen LogP contribution < -0.4 is 0 Å². The number of aromatic amines is 1. The lowest BCUT2D eigenvalue weighted by Gasteiger charge is -2.07. The predicted octanol–water partition coefficient (Wildman–Crippen LogP) is 3.83. The largest absolute Gasteiger partial charge is 0.462 e. The van der Waals surface area contributed by atoms with Crippen molar-refractivity contribution in [3.05, 3.63) is 41.6 Å². The van der Waals surface area contributed by atoms with E-state index in [0.717, 1.165) is 28.6 Å². The van der Waals surface area contributed by atoms with Crippen LogP contribution in [0.1, 0.15) is 31.5 Å². The van der Waals surface area contributed by atoms with Crippen molar-refractivity contribution in [3.63, 3.8) is 0 Å². The highest BCUT2D eigenvalue weighted by molar-refractivity contribution is 6.20. The maximum absolute atomic E-state index is 12.1. The number of ether oxygens (including phenoxy) is 1. The fourth-order valence-corrected chi connectivity index (χ4v) is 2.32. The third kappa shape index (κ3) is 2.55. The van der Waals surface area contributed by atoms with E-state index >= 15 is 0 Å². The Balaban J connectivity index is 2.59. The number of H-pyrrole nitrogens is 1. The van der Waals surface area contributed by atoms with E-state index < -0.39 is 0 Å². The van der Waals surface area contributed by atoms with Gasteiger partial charge in [-0.3, -0.25) is 0 Å². The number of esters is 1. The van der Waals surface area contributed by atoms with Crippen molar-refractivity contribution < 1.29 is 9.53 Å². The minimum absolute atomic E-state index is 0.253. The van der Waals surface area contributed by atoms with E-state index in [1.54, 1.807) is 0 Å². The lowest BCUT2D eigenvalue weighted by atomic mass is 10.0. The van der Waals surface area contributed by atoms with E-state index in [9.17, 15) is 4.79 Å². The molecule has 0 amide bonds. The van der Waals surface area contributed by atoms with Crippen LogP contribution in [-0.4, -0.2) is 17.6 Å². The fourth-order valence-electron chi connectivity index (χ4n) is 2.32. The third-order valence-electron chi connectivity index (χ3n) is 3.07. The zero-order valence-corrected chi connectivity index (χ0v) is 11.6. The van der Waals surface area contributed by atoms with E-state index in [4.69, 9.17) is 4.74 Å². The van der Waals surface area contributed by atoms with Gasteiger partial charge in [0.25, 0.3) is 0 Å². The van der Waals surface area contributed by atoms with E-state index in [0.29, 0.717) is 12.2 Å². The number of para-hydroxylation sites is 1. The average molecular weight is 257 g/mol. The zero-order valence-electron chi connectivity index (χ0n) is 11.6. The maximum atomic E-state index is 12.1. The molecule has 0 aliphatic heterocycles. The lowest BCUT2D eigenvalue weighted by Crippen LogP contribution is -2.07. The number of rotatable bonds is 4. The van der Waals surface area contributed by atoms with Gasteiger partial charge >= 0.3 is 5.97 Å². The SMILES string of the molecule is CC/C=C(/C(=O)OCC)c1c(C)[nH]c2ccccc12. The van der Waals surface area contributed by atoms with Crippen LogP contribution in [0.25, 0.3) is 16.5 Å². The van der Waals surface area contributed by atoms with Gasteiger partial charge in [-0.2, -0.15) is 0 Å². The van der Waals surface area contributed by atoms with Crippen molar-refractivity contribution >= 4 is 22.4 Å². The van der Waals surface area contributed by atoms with Crippen LogP contribution in [-0.2, 0) is 9.53 Å². The topological polar surface area (TPSA) is 42.1 Å². The molecule has 1 aromatic heterocycles. The molecule has 0 spiro atoms. The molecular weight excluding hydrogens is 238 g/mol. The Morgan fingerprint density at radius 3 is 2.74 bits per heavy atom.